The first kappa shape index (κ1) is 13.6. The van der Waals surface area contributed by atoms with Crippen molar-refractivity contribution in [2.75, 3.05) is 5.32 Å². The van der Waals surface area contributed by atoms with Crippen LogP contribution in [0.1, 0.15) is 38.2 Å². The third-order valence-corrected chi connectivity index (χ3v) is 5.53. The molecular weight excluding hydrogens is 276 g/mol. The number of carbonyl (C=O) groups is 1. The first-order valence-corrected chi connectivity index (χ1v) is 8.33. The van der Waals surface area contributed by atoms with Crippen LogP contribution in [0.25, 0.3) is 0 Å². The second-order valence-electron chi connectivity index (χ2n) is 5.89. The summed E-state index contributed by atoms with van der Waals surface area (Å²) >= 11 is 0. The van der Waals surface area contributed by atoms with Gasteiger partial charge in [-0.25, -0.2) is 13.1 Å². The standard InChI is InChI=1S/C14H18N2O3S/c1-14(7-8-14)16-20(18,19)11-5-6-12-10(9-11)3-2-4-13(17)15-12/h5-6,9,16H,2-4,7-8H2,1H3,(H,15,17). The average molecular weight is 294 g/mol. The molecule has 1 saturated carbocycles. The van der Waals surface area contributed by atoms with E-state index in [1.807, 2.05) is 6.92 Å². The monoisotopic (exact) mass is 294 g/mol. The fraction of sp³-hybridized carbons (Fsp3) is 0.500. The van der Waals surface area contributed by atoms with Crippen molar-refractivity contribution in [3.63, 3.8) is 0 Å². The highest BCUT2D eigenvalue weighted by Crippen LogP contribution is 2.36. The van der Waals surface area contributed by atoms with Crippen molar-refractivity contribution in [1.82, 2.24) is 4.72 Å². The molecule has 3 rings (SSSR count). The molecule has 2 aliphatic rings. The van der Waals surface area contributed by atoms with Gasteiger partial charge in [0, 0.05) is 17.6 Å². The van der Waals surface area contributed by atoms with Gasteiger partial charge < -0.3 is 5.32 Å². The molecule has 1 amide bonds. The van der Waals surface area contributed by atoms with Crippen LogP contribution in [0, 0.1) is 0 Å². The first-order chi connectivity index (χ1) is 9.38. The van der Waals surface area contributed by atoms with Crippen molar-refractivity contribution in [1.29, 1.82) is 0 Å². The molecule has 0 saturated heterocycles. The number of sulfonamides is 1. The van der Waals surface area contributed by atoms with E-state index in [9.17, 15) is 13.2 Å². The Morgan fingerprint density at radius 3 is 2.70 bits per heavy atom. The molecule has 0 radical (unpaired) electrons. The number of fused-ring (bicyclic) bond motifs is 1. The summed E-state index contributed by atoms with van der Waals surface area (Å²) in [5, 5.41) is 2.81. The Hall–Kier alpha value is -1.40. The molecule has 1 aliphatic heterocycles. The summed E-state index contributed by atoms with van der Waals surface area (Å²) in [6.07, 6.45) is 3.70. The van der Waals surface area contributed by atoms with Gasteiger partial charge in [-0.2, -0.15) is 0 Å². The van der Waals surface area contributed by atoms with Gasteiger partial charge >= 0.3 is 0 Å². The normalized spacial score (nSPS) is 20.8. The lowest BCUT2D eigenvalue weighted by atomic mass is 10.1. The molecule has 1 aromatic carbocycles. The Balaban J connectivity index is 1.92. The minimum atomic E-state index is -3.48. The predicted octanol–water partition coefficient (Wildman–Crippen LogP) is 1.79. The number of carbonyl (C=O) groups excluding carboxylic acids is 1. The fourth-order valence-electron chi connectivity index (χ4n) is 2.39. The van der Waals surface area contributed by atoms with Gasteiger partial charge in [0.1, 0.15) is 0 Å². The zero-order valence-corrected chi connectivity index (χ0v) is 12.2. The zero-order valence-electron chi connectivity index (χ0n) is 11.4. The van der Waals surface area contributed by atoms with Gasteiger partial charge in [-0.1, -0.05) is 0 Å². The van der Waals surface area contributed by atoms with E-state index in [1.54, 1.807) is 18.2 Å². The quantitative estimate of drug-likeness (QED) is 0.892. The lowest BCUT2D eigenvalue weighted by Gasteiger charge is -2.14. The Labute approximate surface area is 118 Å². The molecule has 1 heterocycles. The molecule has 0 unspecified atom stereocenters. The molecule has 0 aromatic heterocycles. The summed E-state index contributed by atoms with van der Waals surface area (Å²) in [6.45, 7) is 1.91. The maximum Gasteiger partial charge on any atom is 0.241 e. The Kier molecular flexibility index (Phi) is 3.10. The van der Waals surface area contributed by atoms with Gasteiger partial charge in [0.15, 0.2) is 0 Å². The van der Waals surface area contributed by atoms with Crippen molar-refractivity contribution in [3.05, 3.63) is 23.8 Å². The van der Waals surface area contributed by atoms with Crippen LogP contribution < -0.4 is 10.0 Å². The van der Waals surface area contributed by atoms with Crippen LogP contribution in [0.3, 0.4) is 0 Å². The van der Waals surface area contributed by atoms with E-state index in [0.717, 1.165) is 30.5 Å². The number of rotatable bonds is 3. The highest BCUT2D eigenvalue weighted by molar-refractivity contribution is 7.89. The molecule has 6 heteroatoms. The molecule has 0 bridgehead atoms. The molecule has 20 heavy (non-hydrogen) atoms. The van der Waals surface area contributed by atoms with E-state index in [2.05, 4.69) is 10.0 Å². The van der Waals surface area contributed by atoms with E-state index in [0.29, 0.717) is 12.8 Å². The molecule has 1 fully saturated rings. The van der Waals surface area contributed by atoms with Crippen molar-refractivity contribution in [2.45, 2.75) is 49.5 Å². The number of amides is 1. The van der Waals surface area contributed by atoms with E-state index in [1.165, 1.54) is 0 Å². The number of anilines is 1. The third-order valence-electron chi connectivity index (χ3n) is 3.89. The molecule has 2 N–H and O–H groups in total. The van der Waals surface area contributed by atoms with Crippen LogP contribution >= 0.6 is 0 Å². The van der Waals surface area contributed by atoms with Gasteiger partial charge in [0.2, 0.25) is 15.9 Å². The van der Waals surface area contributed by atoms with Gasteiger partial charge in [-0.05, 0) is 56.4 Å². The molecule has 5 nitrogen and oxygen atoms in total. The molecular formula is C14H18N2O3S. The van der Waals surface area contributed by atoms with Crippen LogP contribution in [-0.2, 0) is 21.2 Å². The number of hydrogen-bond donors (Lipinski definition) is 2. The van der Waals surface area contributed by atoms with E-state index in [4.69, 9.17) is 0 Å². The topological polar surface area (TPSA) is 75.3 Å². The third kappa shape index (κ3) is 2.71. The summed E-state index contributed by atoms with van der Waals surface area (Å²) < 4.78 is 27.4. The zero-order chi connectivity index (χ0) is 14.4. The summed E-state index contributed by atoms with van der Waals surface area (Å²) in [4.78, 5) is 11.8. The summed E-state index contributed by atoms with van der Waals surface area (Å²) in [7, 11) is -3.48. The van der Waals surface area contributed by atoms with Crippen LogP contribution in [0.15, 0.2) is 23.1 Å². The highest BCUT2D eigenvalue weighted by Gasteiger charge is 2.41. The van der Waals surface area contributed by atoms with Crippen LogP contribution in [0.2, 0.25) is 0 Å². The Morgan fingerprint density at radius 2 is 2.00 bits per heavy atom. The predicted molar refractivity (Wildman–Crippen MR) is 76.0 cm³/mol. The van der Waals surface area contributed by atoms with Crippen molar-refractivity contribution in [2.24, 2.45) is 0 Å². The van der Waals surface area contributed by atoms with Gasteiger partial charge in [-0.15, -0.1) is 0 Å². The second-order valence-corrected chi connectivity index (χ2v) is 7.57. The first-order valence-electron chi connectivity index (χ1n) is 6.85. The number of nitrogens with one attached hydrogen (secondary N) is 2. The number of benzene rings is 1. The number of aryl methyl sites for hydroxylation is 1. The molecule has 1 aliphatic carbocycles. The van der Waals surface area contributed by atoms with Crippen LogP contribution in [0.4, 0.5) is 5.69 Å². The SMILES string of the molecule is CC1(NS(=O)(=O)c2ccc3c(c2)CCCC(=O)N3)CC1. The van der Waals surface area contributed by atoms with Crippen molar-refractivity contribution < 1.29 is 13.2 Å². The maximum atomic E-state index is 12.3. The lowest BCUT2D eigenvalue weighted by Crippen LogP contribution is -2.34. The molecule has 0 spiro atoms. The Morgan fingerprint density at radius 1 is 1.25 bits per heavy atom. The maximum absolute atomic E-state index is 12.3. The highest BCUT2D eigenvalue weighted by atomic mass is 32.2. The van der Waals surface area contributed by atoms with E-state index in [-0.39, 0.29) is 16.3 Å². The average Bonchev–Trinajstić information content (AvgIpc) is 3.10. The van der Waals surface area contributed by atoms with Crippen LogP contribution in [0.5, 0.6) is 0 Å². The van der Waals surface area contributed by atoms with Crippen LogP contribution in [-0.4, -0.2) is 19.9 Å². The minimum absolute atomic E-state index is 0.0111. The lowest BCUT2D eigenvalue weighted by molar-refractivity contribution is -0.116. The van der Waals surface area contributed by atoms with Crippen molar-refractivity contribution in [3.8, 4) is 0 Å². The van der Waals surface area contributed by atoms with Gasteiger partial charge in [0.25, 0.3) is 0 Å². The minimum Gasteiger partial charge on any atom is -0.326 e. The summed E-state index contributed by atoms with van der Waals surface area (Å²) in [5.74, 6) is -0.0111. The second kappa shape index (κ2) is 4.56. The summed E-state index contributed by atoms with van der Waals surface area (Å²) in [6, 6.07) is 4.91. The molecule has 108 valence electrons. The van der Waals surface area contributed by atoms with Gasteiger partial charge in [-0.3, -0.25) is 4.79 Å². The van der Waals surface area contributed by atoms with E-state index < -0.39 is 10.0 Å². The van der Waals surface area contributed by atoms with Gasteiger partial charge in [0.05, 0.1) is 4.90 Å². The van der Waals surface area contributed by atoms with Crippen molar-refractivity contribution >= 4 is 21.6 Å². The Bertz CT molecular complexity index is 663. The number of hydrogen-bond acceptors (Lipinski definition) is 3. The smallest absolute Gasteiger partial charge is 0.241 e. The molecule has 1 aromatic rings. The van der Waals surface area contributed by atoms with E-state index >= 15 is 0 Å². The fourth-order valence-corrected chi connectivity index (χ4v) is 3.91. The largest absolute Gasteiger partial charge is 0.326 e. The summed E-state index contributed by atoms with van der Waals surface area (Å²) in [5.41, 5.74) is 1.34. The molecule has 0 atom stereocenters.